The average Bonchev–Trinajstić information content (AvgIpc) is 3.79. The number of aromatic nitrogens is 2. The van der Waals surface area contributed by atoms with E-state index in [1.807, 2.05) is 30.3 Å². The smallest absolute Gasteiger partial charge is 0.296 e. The van der Waals surface area contributed by atoms with Gasteiger partial charge < -0.3 is 19.0 Å². The van der Waals surface area contributed by atoms with E-state index in [0.717, 1.165) is 24.8 Å². The summed E-state index contributed by atoms with van der Waals surface area (Å²) in [5, 5.41) is 20.8. The van der Waals surface area contributed by atoms with E-state index >= 15 is 0 Å². The third-order valence-electron chi connectivity index (χ3n) is 7.42. The molecule has 0 saturated carbocycles. The number of aliphatic hydroxyl groups is 1. The molecule has 3 heterocycles. The second-order valence-corrected chi connectivity index (χ2v) is 12.6. The standard InChI is InChI=1S/C34H31N3O6S2/c1-3-4-8-18-42-24-16-14-22(15-17-24)28-27(29(38)26-19-23-12-9-13-25(41-2)31(23)43-26)30(39)32(40)37(28)33-35-36-34(45-33)44-20-21-10-6-5-7-11-21/h5-7,9-17,19,28,39H,3-4,8,18,20H2,1-2H3. The van der Waals surface area contributed by atoms with Gasteiger partial charge in [0.1, 0.15) is 5.75 Å². The summed E-state index contributed by atoms with van der Waals surface area (Å²) in [5.41, 5.74) is 2.01. The van der Waals surface area contributed by atoms with Gasteiger partial charge in [0, 0.05) is 11.1 Å². The van der Waals surface area contributed by atoms with Crippen LogP contribution in [-0.4, -0.2) is 40.7 Å². The lowest BCUT2D eigenvalue weighted by molar-refractivity contribution is -0.117. The van der Waals surface area contributed by atoms with Gasteiger partial charge in [0.2, 0.25) is 10.9 Å². The topological polar surface area (TPSA) is 115 Å². The minimum Gasteiger partial charge on any atom is -0.503 e. The number of anilines is 1. The molecule has 0 radical (unpaired) electrons. The third kappa shape index (κ3) is 6.31. The van der Waals surface area contributed by atoms with E-state index in [9.17, 15) is 14.7 Å². The van der Waals surface area contributed by atoms with Crippen LogP contribution in [0.5, 0.6) is 11.5 Å². The molecule has 2 aromatic heterocycles. The molecule has 230 valence electrons. The zero-order valence-corrected chi connectivity index (χ0v) is 26.4. The first-order valence-electron chi connectivity index (χ1n) is 14.6. The SMILES string of the molecule is CCCCCOc1ccc(C2C(C(=O)c3cc4cccc(OC)c4o3)=C(O)C(=O)N2c2nnc(SCc3ccccc3)s2)cc1. The third-order valence-corrected chi connectivity index (χ3v) is 9.55. The molecule has 3 aromatic carbocycles. The highest BCUT2D eigenvalue weighted by molar-refractivity contribution is 8.00. The number of amides is 1. The number of rotatable bonds is 13. The quantitative estimate of drug-likeness (QED) is 0.0592. The minimum atomic E-state index is -0.978. The molecule has 1 atom stereocenters. The summed E-state index contributed by atoms with van der Waals surface area (Å²) in [6.07, 6.45) is 3.12. The summed E-state index contributed by atoms with van der Waals surface area (Å²) in [7, 11) is 1.52. The molecule has 6 rings (SSSR count). The van der Waals surface area contributed by atoms with Crippen molar-refractivity contribution in [1.29, 1.82) is 0 Å². The lowest BCUT2D eigenvalue weighted by Gasteiger charge is -2.24. The van der Waals surface area contributed by atoms with Gasteiger partial charge >= 0.3 is 0 Å². The maximum Gasteiger partial charge on any atom is 0.296 e. The molecule has 0 aliphatic carbocycles. The van der Waals surface area contributed by atoms with Crippen LogP contribution >= 0.6 is 23.1 Å². The molecule has 11 heteroatoms. The monoisotopic (exact) mass is 641 g/mol. The number of hydrogen-bond acceptors (Lipinski definition) is 10. The molecule has 9 nitrogen and oxygen atoms in total. The van der Waals surface area contributed by atoms with Crippen LogP contribution in [0.2, 0.25) is 0 Å². The molecule has 0 fully saturated rings. The number of nitrogens with zero attached hydrogens (tertiary/aromatic N) is 3. The highest BCUT2D eigenvalue weighted by Gasteiger charge is 2.47. The lowest BCUT2D eigenvalue weighted by atomic mass is 9.95. The number of unbranched alkanes of at least 4 members (excludes halogenated alkanes) is 2. The number of para-hydroxylation sites is 1. The summed E-state index contributed by atoms with van der Waals surface area (Å²) >= 11 is 2.72. The van der Waals surface area contributed by atoms with Crippen LogP contribution in [0.4, 0.5) is 5.13 Å². The summed E-state index contributed by atoms with van der Waals surface area (Å²) in [6, 6.07) is 23.1. The predicted octanol–water partition coefficient (Wildman–Crippen LogP) is 7.94. The molecule has 1 aliphatic heterocycles. The van der Waals surface area contributed by atoms with Crippen molar-refractivity contribution in [1.82, 2.24) is 10.2 Å². The maximum absolute atomic E-state index is 14.1. The molecule has 1 unspecified atom stereocenters. The van der Waals surface area contributed by atoms with E-state index in [4.69, 9.17) is 13.9 Å². The van der Waals surface area contributed by atoms with Crippen molar-refractivity contribution < 1.29 is 28.6 Å². The Balaban J connectivity index is 1.34. The van der Waals surface area contributed by atoms with Gasteiger partial charge in [-0.3, -0.25) is 14.5 Å². The fourth-order valence-electron chi connectivity index (χ4n) is 5.16. The normalized spacial score (nSPS) is 14.8. The fourth-order valence-corrected chi connectivity index (χ4v) is 6.98. The number of methoxy groups -OCH3 is 1. The Morgan fingerprint density at radius 3 is 2.60 bits per heavy atom. The summed E-state index contributed by atoms with van der Waals surface area (Å²) < 4.78 is 17.9. The molecule has 0 spiro atoms. The zero-order valence-electron chi connectivity index (χ0n) is 24.8. The van der Waals surface area contributed by atoms with E-state index in [1.165, 1.54) is 35.1 Å². The molecule has 1 N–H and O–H groups in total. The number of hydrogen-bond donors (Lipinski definition) is 1. The Morgan fingerprint density at radius 1 is 1.04 bits per heavy atom. The van der Waals surface area contributed by atoms with Crippen LogP contribution in [0.1, 0.15) is 53.9 Å². The van der Waals surface area contributed by atoms with Gasteiger partial charge in [-0.15, -0.1) is 10.2 Å². The van der Waals surface area contributed by atoms with Crippen LogP contribution < -0.4 is 14.4 Å². The van der Waals surface area contributed by atoms with Gasteiger partial charge in [-0.1, -0.05) is 97.5 Å². The van der Waals surface area contributed by atoms with E-state index in [0.29, 0.717) is 44.7 Å². The zero-order chi connectivity index (χ0) is 31.3. The molecule has 45 heavy (non-hydrogen) atoms. The maximum atomic E-state index is 14.1. The van der Waals surface area contributed by atoms with Crippen molar-refractivity contribution in [3.8, 4) is 11.5 Å². The van der Waals surface area contributed by atoms with Crippen molar-refractivity contribution in [2.24, 2.45) is 0 Å². The summed E-state index contributed by atoms with van der Waals surface area (Å²) in [5.74, 6) is -0.229. The lowest BCUT2D eigenvalue weighted by Crippen LogP contribution is -2.31. The Morgan fingerprint density at radius 2 is 1.84 bits per heavy atom. The molecule has 1 aliphatic rings. The van der Waals surface area contributed by atoms with Gasteiger partial charge in [-0.25, -0.2) is 0 Å². The van der Waals surface area contributed by atoms with Crippen LogP contribution in [0.15, 0.2) is 99.0 Å². The Bertz CT molecular complexity index is 1850. The van der Waals surface area contributed by atoms with Gasteiger partial charge in [-0.05, 0) is 41.8 Å². The van der Waals surface area contributed by atoms with E-state index in [-0.39, 0.29) is 16.5 Å². The van der Waals surface area contributed by atoms with Gasteiger partial charge in [0.15, 0.2) is 27.2 Å². The number of furan rings is 1. The van der Waals surface area contributed by atoms with Gasteiger partial charge in [0.25, 0.3) is 5.91 Å². The van der Waals surface area contributed by atoms with Crippen LogP contribution in [0.25, 0.3) is 11.0 Å². The van der Waals surface area contributed by atoms with E-state index in [1.54, 1.807) is 48.5 Å². The second kappa shape index (κ2) is 13.6. The molecular weight excluding hydrogens is 611 g/mol. The number of fused-ring (bicyclic) bond motifs is 1. The minimum absolute atomic E-state index is 0.0250. The average molecular weight is 642 g/mol. The van der Waals surface area contributed by atoms with Gasteiger partial charge in [0.05, 0.1) is 25.3 Å². The van der Waals surface area contributed by atoms with Crippen LogP contribution in [0.3, 0.4) is 0 Å². The number of ketones is 1. The molecule has 0 saturated heterocycles. The first kappa shape index (κ1) is 30.4. The molecule has 0 bridgehead atoms. The molecular formula is C34H31N3O6S2. The number of benzene rings is 3. The van der Waals surface area contributed by atoms with Crippen molar-refractivity contribution in [3.05, 3.63) is 107 Å². The number of Topliss-reactive ketones (excluding diaryl/α,β-unsaturated/α-hetero) is 1. The largest absolute Gasteiger partial charge is 0.503 e. The first-order chi connectivity index (χ1) is 22.0. The summed E-state index contributed by atoms with van der Waals surface area (Å²) in [6.45, 7) is 2.73. The highest BCUT2D eigenvalue weighted by atomic mass is 32.2. The van der Waals surface area contributed by atoms with Crippen LogP contribution in [0, 0.1) is 0 Å². The summed E-state index contributed by atoms with van der Waals surface area (Å²) in [4.78, 5) is 29.1. The highest BCUT2D eigenvalue weighted by Crippen LogP contribution is 2.45. The second-order valence-electron chi connectivity index (χ2n) is 10.4. The molecule has 1 amide bonds. The van der Waals surface area contributed by atoms with Crippen molar-refractivity contribution in [2.75, 3.05) is 18.6 Å². The van der Waals surface area contributed by atoms with E-state index < -0.39 is 23.5 Å². The van der Waals surface area contributed by atoms with E-state index in [2.05, 4.69) is 17.1 Å². The Kier molecular flexibility index (Phi) is 9.18. The van der Waals surface area contributed by atoms with Crippen LogP contribution in [-0.2, 0) is 10.5 Å². The Hall–Kier alpha value is -4.61. The Labute approximate surface area is 268 Å². The van der Waals surface area contributed by atoms with Gasteiger partial charge in [-0.2, -0.15) is 0 Å². The predicted molar refractivity (Wildman–Crippen MR) is 174 cm³/mol. The number of ether oxygens (including phenoxy) is 2. The number of carbonyl (C=O) groups excluding carboxylic acids is 2. The van der Waals surface area contributed by atoms with Crippen molar-refractivity contribution in [3.63, 3.8) is 0 Å². The number of carbonyl (C=O) groups is 2. The fraction of sp³-hybridized carbons (Fsp3) is 0.235. The van der Waals surface area contributed by atoms with Crippen molar-refractivity contribution in [2.45, 2.75) is 42.3 Å². The number of thioether (sulfide) groups is 1. The van der Waals surface area contributed by atoms with Crippen molar-refractivity contribution >= 4 is 50.9 Å². The first-order valence-corrected chi connectivity index (χ1v) is 16.4. The number of aliphatic hydroxyl groups excluding tert-OH is 1. The molecule has 5 aromatic rings.